The van der Waals surface area contributed by atoms with Crippen LogP contribution in [-0.4, -0.2) is 28.3 Å². The van der Waals surface area contributed by atoms with Crippen molar-refractivity contribution in [3.05, 3.63) is 120 Å². The molecule has 10 nitrogen and oxygen atoms in total. The maximum atomic E-state index is 6.38. The van der Waals surface area contributed by atoms with Gasteiger partial charge in [0.1, 0.15) is 11.5 Å². The SMILES string of the molecule is NC(=S)NNC(=Nc1ccccc1)c1ccccc1OB1Oc2ccccc2C(=Nc2ccccc2)N/N=C(/N)S1. The van der Waals surface area contributed by atoms with E-state index in [1.807, 2.05) is 103 Å². The molecule has 0 atom stereocenters. The van der Waals surface area contributed by atoms with E-state index in [0.717, 1.165) is 17.3 Å². The van der Waals surface area contributed by atoms with E-state index >= 15 is 0 Å². The minimum atomic E-state index is -0.916. The molecule has 0 bridgehead atoms. The molecule has 0 aromatic heterocycles. The van der Waals surface area contributed by atoms with Gasteiger partial charge in [-0.05, 0) is 72.4 Å². The van der Waals surface area contributed by atoms with Crippen LogP contribution >= 0.6 is 23.8 Å². The van der Waals surface area contributed by atoms with Gasteiger partial charge in [0.15, 0.2) is 22.0 Å². The van der Waals surface area contributed by atoms with Gasteiger partial charge in [-0.25, -0.2) is 9.98 Å². The molecular weight excluding hydrogens is 555 g/mol. The summed E-state index contributed by atoms with van der Waals surface area (Å²) in [5.74, 6) is 1.89. The standard InChI is InChI=1S/C28H25BN8O2S2/c30-27(40)36-34-25(32-19-11-3-1-4-12-19)21-15-7-9-17-23(21)38-29-39-24-18-10-8-16-22(24)26(35-37-28(31)41-29)33-20-13-5-2-6-14-20/h1-18H,(H2,31,37)(H,32,34)(H,33,35)(H3,30,36,40). The van der Waals surface area contributed by atoms with Crippen LogP contribution in [0.3, 0.4) is 0 Å². The molecule has 0 spiro atoms. The molecule has 0 unspecified atom stereocenters. The van der Waals surface area contributed by atoms with Crippen LogP contribution < -0.4 is 37.1 Å². The first kappa shape index (κ1) is 27.6. The summed E-state index contributed by atoms with van der Waals surface area (Å²) in [5.41, 5.74) is 23.4. The summed E-state index contributed by atoms with van der Waals surface area (Å²) in [6.45, 7) is 0. The summed E-state index contributed by atoms with van der Waals surface area (Å²) < 4.78 is 12.7. The highest BCUT2D eigenvalue weighted by atomic mass is 32.2. The number of amidine groups is 3. The lowest BCUT2D eigenvalue weighted by Gasteiger charge is -2.20. The normalized spacial score (nSPS) is 15.5. The molecule has 41 heavy (non-hydrogen) atoms. The summed E-state index contributed by atoms with van der Waals surface area (Å²) in [5, 5.41) is 4.56. The maximum absolute atomic E-state index is 6.38. The fraction of sp³-hybridized carbons (Fsp3) is 0. The Kier molecular flexibility index (Phi) is 8.99. The number of hydrogen-bond donors (Lipinski definition) is 5. The quantitative estimate of drug-likeness (QED) is 0.0772. The van der Waals surface area contributed by atoms with E-state index in [0.29, 0.717) is 40.0 Å². The van der Waals surface area contributed by atoms with Crippen molar-refractivity contribution in [1.29, 1.82) is 0 Å². The van der Waals surface area contributed by atoms with Crippen molar-refractivity contribution in [2.75, 3.05) is 0 Å². The Morgan fingerprint density at radius 3 is 2.29 bits per heavy atom. The number of benzene rings is 4. The number of hydrazine groups is 1. The number of nitrogens with two attached hydrogens (primary N) is 2. The van der Waals surface area contributed by atoms with Crippen LogP contribution in [0, 0.1) is 0 Å². The van der Waals surface area contributed by atoms with E-state index in [1.54, 1.807) is 6.07 Å². The van der Waals surface area contributed by atoms with Crippen LogP contribution in [0.4, 0.5) is 11.4 Å². The molecular formula is C28H25BN8O2S2. The average molecular weight is 581 g/mol. The Balaban J connectivity index is 1.49. The predicted molar refractivity (Wildman–Crippen MR) is 171 cm³/mol. The third-order valence-corrected chi connectivity index (χ3v) is 6.34. The summed E-state index contributed by atoms with van der Waals surface area (Å²) in [4.78, 5) is 9.45. The van der Waals surface area contributed by atoms with Crippen LogP contribution in [0.5, 0.6) is 11.5 Å². The highest BCUT2D eigenvalue weighted by Crippen LogP contribution is 2.28. The van der Waals surface area contributed by atoms with E-state index in [4.69, 9.17) is 43.0 Å². The van der Waals surface area contributed by atoms with E-state index in [2.05, 4.69) is 21.4 Å². The molecule has 4 aromatic carbocycles. The van der Waals surface area contributed by atoms with Gasteiger partial charge in [0.2, 0.25) is 0 Å². The first-order valence-electron chi connectivity index (χ1n) is 12.4. The maximum Gasteiger partial charge on any atom is 0.679 e. The van der Waals surface area contributed by atoms with E-state index in [9.17, 15) is 0 Å². The van der Waals surface area contributed by atoms with Crippen molar-refractivity contribution in [2.24, 2.45) is 26.6 Å². The number of thiocarbonyl (C=S) groups is 1. The van der Waals surface area contributed by atoms with Gasteiger partial charge >= 0.3 is 6.40 Å². The van der Waals surface area contributed by atoms with Gasteiger partial charge in [-0.2, -0.15) is 0 Å². The van der Waals surface area contributed by atoms with Crippen LogP contribution in [0.2, 0.25) is 0 Å². The summed E-state index contributed by atoms with van der Waals surface area (Å²) in [7, 11) is 0. The number of hydrogen-bond acceptors (Lipinski definition) is 8. The second kappa shape index (κ2) is 13.4. The average Bonchev–Trinajstić information content (AvgIpc) is 3.04. The zero-order valence-electron chi connectivity index (χ0n) is 21.6. The number of aliphatic imine (C=N–C) groups is 2. The Morgan fingerprint density at radius 1 is 0.878 bits per heavy atom. The van der Waals surface area contributed by atoms with Gasteiger partial charge in [0.25, 0.3) is 0 Å². The zero-order chi connectivity index (χ0) is 28.4. The van der Waals surface area contributed by atoms with Gasteiger partial charge in [0.05, 0.1) is 22.5 Å². The number of para-hydroxylation sites is 4. The minimum absolute atomic E-state index is 0.0559. The first-order valence-corrected chi connectivity index (χ1v) is 13.7. The highest BCUT2D eigenvalue weighted by Gasteiger charge is 2.31. The third-order valence-electron chi connectivity index (χ3n) is 5.52. The molecule has 0 saturated heterocycles. The first-order chi connectivity index (χ1) is 20.0. The Bertz CT molecular complexity index is 1600. The van der Waals surface area contributed by atoms with Crippen molar-refractivity contribution in [1.82, 2.24) is 16.3 Å². The zero-order valence-corrected chi connectivity index (χ0v) is 23.2. The summed E-state index contributed by atoms with van der Waals surface area (Å²) in [6.07, 6.45) is -0.916. The molecule has 4 aromatic rings. The second-order valence-electron chi connectivity index (χ2n) is 8.40. The molecule has 204 valence electrons. The summed E-state index contributed by atoms with van der Waals surface area (Å²) >= 11 is 6.08. The van der Waals surface area contributed by atoms with Gasteiger partial charge in [-0.3, -0.25) is 16.3 Å². The minimum Gasteiger partial charge on any atom is -0.516 e. The van der Waals surface area contributed by atoms with Crippen molar-refractivity contribution >= 4 is 63.6 Å². The van der Waals surface area contributed by atoms with Crippen LogP contribution in [0.1, 0.15) is 11.1 Å². The molecule has 0 radical (unpaired) electrons. The Labute approximate surface area is 247 Å². The largest absolute Gasteiger partial charge is 0.679 e. The molecule has 7 N–H and O–H groups in total. The summed E-state index contributed by atoms with van der Waals surface area (Å²) in [6, 6.07) is 33.8. The van der Waals surface area contributed by atoms with Crippen LogP contribution in [0.25, 0.3) is 0 Å². The van der Waals surface area contributed by atoms with Gasteiger partial charge in [-0.1, -0.05) is 60.7 Å². The third kappa shape index (κ3) is 7.56. The molecule has 0 amide bonds. The van der Waals surface area contributed by atoms with E-state index in [-0.39, 0.29) is 10.3 Å². The fourth-order valence-corrected chi connectivity index (χ4v) is 4.38. The molecule has 0 fully saturated rings. The predicted octanol–water partition coefficient (Wildman–Crippen LogP) is 4.19. The van der Waals surface area contributed by atoms with Gasteiger partial charge in [0, 0.05) is 0 Å². The number of rotatable bonds is 5. The number of nitrogens with one attached hydrogen (secondary N) is 3. The van der Waals surface area contributed by atoms with Crippen LogP contribution in [0.15, 0.2) is 124 Å². The lowest BCUT2D eigenvalue weighted by Crippen LogP contribution is -2.45. The number of nitrogens with zero attached hydrogens (tertiary/aromatic N) is 3. The molecule has 5 rings (SSSR count). The Morgan fingerprint density at radius 2 is 1.54 bits per heavy atom. The monoisotopic (exact) mass is 580 g/mol. The smallest absolute Gasteiger partial charge is 0.516 e. The lowest BCUT2D eigenvalue weighted by atomic mass is 10.1. The topological polar surface area (TPSA) is 144 Å². The van der Waals surface area contributed by atoms with Crippen molar-refractivity contribution in [3.63, 3.8) is 0 Å². The lowest BCUT2D eigenvalue weighted by molar-refractivity contribution is 0.449. The molecule has 1 heterocycles. The van der Waals surface area contributed by atoms with Crippen molar-refractivity contribution < 1.29 is 9.31 Å². The Hall–Kier alpha value is -5.01. The van der Waals surface area contributed by atoms with Crippen LogP contribution in [-0.2, 0) is 0 Å². The van der Waals surface area contributed by atoms with Gasteiger partial charge < -0.3 is 20.8 Å². The molecule has 0 aliphatic carbocycles. The second-order valence-corrected chi connectivity index (χ2v) is 9.88. The number of hydrazone groups is 1. The van der Waals surface area contributed by atoms with Crippen molar-refractivity contribution in [3.8, 4) is 11.5 Å². The highest BCUT2D eigenvalue weighted by molar-refractivity contribution is 8.35. The number of fused-ring (bicyclic) bond motifs is 1. The molecule has 1 aliphatic heterocycles. The fourth-order valence-electron chi connectivity index (χ4n) is 3.73. The molecule has 0 saturated carbocycles. The molecule has 1 aliphatic rings. The van der Waals surface area contributed by atoms with E-state index in [1.165, 1.54) is 0 Å². The molecule has 13 heteroatoms. The van der Waals surface area contributed by atoms with E-state index < -0.39 is 6.40 Å². The van der Waals surface area contributed by atoms with Crippen molar-refractivity contribution in [2.45, 2.75) is 0 Å². The van der Waals surface area contributed by atoms with Gasteiger partial charge in [-0.15, -0.1) is 5.10 Å².